The Kier molecular flexibility index (Phi) is 1.80. The average molecular weight is 185 g/mol. The van der Waals surface area contributed by atoms with E-state index in [1.54, 1.807) is 6.26 Å². The molecule has 0 aliphatic heterocycles. The van der Waals surface area contributed by atoms with Gasteiger partial charge in [-0.2, -0.15) is 0 Å². The molecule has 0 N–H and O–H groups in total. The lowest BCUT2D eigenvalue weighted by Gasteiger charge is -1.91. The fourth-order valence-electron chi connectivity index (χ4n) is 0.993. The van der Waals surface area contributed by atoms with Gasteiger partial charge in [0, 0.05) is 10.3 Å². The van der Waals surface area contributed by atoms with Crippen LogP contribution in [0.2, 0.25) is 0 Å². The van der Waals surface area contributed by atoms with E-state index in [1.807, 2.05) is 24.3 Å². The van der Waals surface area contributed by atoms with Gasteiger partial charge in [0.15, 0.2) is 0 Å². The molecule has 56 valence electrons. The molecule has 0 saturated heterocycles. The van der Waals surface area contributed by atoms with Crippen molar-refractivity contribution in [2.24, 2.45) is 0 Å². The topological polar surface area (TPSA) is 13.1 Å². The molecular formula is C8H5ClOS. The zero-order valence-corrected chi connectivity index (χ0v) is 7.15. The van der Waals surface area contributed by atoms with E-state index in [2.05, 4.69) is 0 Å². The molecule has 11 heavy (non-hydrogen) atoms. The maximum Gasteiger partial charge on any atom is 0.133 e. The van der Waals surface area contributed by atoms with Gasteiger partial charge < -0.3 is 4.42 Å². The summed E-state index contributed by atoms with van der Waals surface area (Å²) in [5.74, 6) is 0. The van der Waals surface area contributed by atoms with Crippen LogP contribution in [0.4, 0.5) is 0 Å². The van der Waals surface area contributed by atoms with Gasteiger partial charge in [-0.15, -0.1) is 0 Å². The largest absolute Gasteiger partial charge is 0.464 e. The van der Waals surface area contributed by atoms with E-state index >= 15 is 0 Å². The van der Waals surface area contributed by atoms with E-state index in [4.69, 9.17) is 15.1 Å². The molecule has 0 spiro atoms. The highest BCUT2D eigenvalue weighted by Crippen LogP contribution is 2.26. The first-order valence-electron chi connectivity index (χ1n) is 3.16. The van der Waals surface area contributed by atoms with Crippen LogP contribution in [0.3, 0.4) is 0 Å². The monoisotopic (exact) mass is 184 g/mol. The molecule has 2 aromatic rings. The smallest absolute Gasteiger partial charge is 0.133 e. The lowest BCUT2D eigenvalue weighted by Crippen LogP contribution is -1.65. The van der Waals surface area contributed by atoms with E-state index in [0.29, 0.717) is 0 Å². The summed E-state index contributed by atoms with van der Waals surface area (Å²) < 4.78 is 5.17. The van der Waals surface area contributed by atoms with Crippen molar-refractivity contribution in [2.75, 3.05) is 0 Å². The van der Waals surface area contributed by atoms with Crippen LogP contribution in [0.1, 0.15) is 0 Å². The van der Waals surface area contributed by atoms with Gasteiger partial charge in [0.25, 0.3) is 0 Å². The third-order valence-corrected chi connectivity index (χ3v) is 2.48. The zero-order valence-electron chi connectivity index (χ0n) is 5.58. The van der Waals surface area contributed by atoms with Gasteiger partial charge in [-0.1, -0.05) is 0 Å². The van der Waals surface area contributed by atoms with E-state index < -0.39 is 0 Å². The number of furan rings is 1. The Morgan fingerprint density at radius 2 is 2.18 bits per heavy atom. The molecule has 1 nitrogen and oxygen atoms in total. The predicted molar refractivity (Wildman–Crippen MR) is 47.9 cm³/mol. The first-order chi connectivity index (χ1) is 5.40. The number of hydrogen-bond donors (Lipinski definition) is 0. The Morgan fingerprint density at radius 1 is 1.27 bits per heavy atom. The summed E-state index contributed by atoms with van der Waals surface area (Å²) in [6.07, 6.45) is 1.67. The van der Waals surface area contributed by atoms with Gasteiger partial charge in [-0.25, -0.2) is 0 Å². The fourth-order valence-corrected chi connectivity index (χ4v) is 1.57. The summed E-state index contributed by atoms with van der Waals surface area (Å²) in [6.45, 7) is 0. The summed E-state index contributed by atoms with van der Waals surface area (Å²) in [5, 5.41) is 1.09. The van der Waals surface area contributed by atoms with Gasteiger partial charge in [0.2, 0.25) is 0 Å². The molecule has 0 atom stereocenters. The van der Waals surface area contributed by atoms with E-state index in [1.165, 1.54) is 11.0 Å². The van der Waals surface area contributed by atoms with Crippen molar-refractivity contribution in [3.8, 4) is 0 Å². The van der Waals surface area contributed by atoms with Crippen molar-refractivity contribution in [2.45, 2.75) is 4.90 Å². The Bertz CT molecular complexity index is 369. The molecule has 0 fully saturated rings. The van der Waals surface area contributed by atoms with Crippen LogP contribution < -0.4 is 0 Å². The summed E-state index contributed by atoms with van der Waals surface area (Å²) in [6, 6.07) is 7.77. The summed E-state index contributed by atoms with van der Waals surface area (Å²) in [5.41, 5.74) is 0.902. The number of hydrogen-bond acceptors (Lipinski definition) is 2. The number of rotatable bonds is 1. The zero-order chi connectivity index (χ0) is 7.68. The number of fused-ring (bicyclic) bond motifs is 1. The second-order valence-corrected chi connectivity index (χ2v) is 3.29. The maximum atomic E-state index is 5.58. The molecule has 1 heterocycles. The molecule has 0 unspecified atom stereocenters. The molecular weight excluding hydrogens is 180 g/mol. The van der Waals surface area contributed by atoms with Crippen LogP contribution >= 0.6 is 21.7 Å². The quantitative estimate of drug-likeness (QED) is 0.671. The van der Waals surface area contributed by atoms with Crippen LogP contribution in [0.25, 0.3) is 11.0 Å². The van der Waals surface area contributed by atoms with Crippen LogP contribution in [0.5, 0.6) is 0 Å². The van der Waals surface area contributed by atoms with Gasteiger partial charge in [-0.05, 0) is 45.9 Å². The van der Waals surface area contributed by atoms with Crippen LogP contribution in [-0.2, 0) is 0 Å². The summed E-state index contributed by atoms with van der Waals surface area (Å²) in [4.78, 5) is 1.04. The lowest BCUT2D eigenvalue weighted by molar-refractivity contribution is 0.615. The summed E-state index contributed by atoms with van der Waals surface area (Å²) >= 11 is 0. The molecule has 0 amide bonds. The highest BCUT2D eigenvalue weighted by atomic mass is 35.7. The van der Waals surface area contributed by atoms with Gasteiger partial charge in [0.05, 0.1) is 6.26 Å². The van der Waals surface area contributed by atoms with E-state index in [0.717, 1.165) is 15.9 Å². The first kappa shape index (κ1) is 7.07. The van der Waals surface area contributed by atoms with Crippen LogP contribution in [-0.4, -0.2) is 0 Å². The second kappa shape index (κ2) is 2.80. The SMILES string of the molecule is ClSc1ccc2occc2c1. The molecule has 0 radical (unpaired) electrons. The standard InChI is InChI=1S/C8H5ClOS/c9-11-7-1-2-8-6(5-7)3-4-10-8/h1-5H. The van der Waals surface area contributed by atoms with Crippen molar-refractivity contribution >= 4 is 32.6 Å². The highest BCUT2D eigenvalue weighted by Gasteiger charge is 1.97. The molecule has 0 saturated carbocycles. The van der Waals surface area contributed by atoms with Gasteiger partial charge >= 0.3 is 0 Å². The molecule has 0 bridgehead atoms. The number of benzene rings is 1. The molecule has 3 heteroatoms. The molecule has 1 aromatic carbocycles. The Labute approximate surface area is 72.8 Å². The highest BCUT2D eigenvalue weighted by molar-refractivity contribution is 8.21. The first-order valence-corrected chi connectivity index (χ1v) is 4.80. The van der Waals surface area contributed by atoms with Crippen LogP contribution in [0, 0.1) is 0 Å². The fraction of sp³-hybridized carbons (Fsp3) is 0. The predicted octanol–water partition coefficient (Wildman–Crippen LogP) is 3.68. The number of halogens is 1. The lowest BCUT2D eigenvalue weighted by atomic mass is 10.3. The van der Waals surface area contributed by atoms with Crippen LogP contribution in [0.15, 0.2) is 39.8 Å². The minimum Gasteiger partial charge on any atom is -0.464 e. The Morgan fingerprint density at radius 3 is 3.00 bits per heavy atom. The maximum absolute atomic E-state index is 5.58. The normalized spacial score (nSPS) is 10.6. The molecule has 2 rings (SSSR count). The van der Waals surface area contributed by atoms with Gasteiger partial charge in [-0.3, -0.25) is 0 Å². The van der Waals surface area contributed by atoms with Crippen molar-refractivity contribution in [3.63, 3.8) is 0 Å². The van der Waals surface area contributed by atoms with Crippen molar-refractivity contribution < 1.29 is 4.42 Å². The third-order valence-electron chi connectivity index (χ3n) is 1.51. The second-order valence-electron chi connectivity index (χ2n) is 2.20. The average Bonchev–Trinajstić information content (AvgIpc) is 2.50. The van der Waals surface area contributed by atoms with Crippen molar-refractivity contribution in [3.05, 3.63) is 30.5 Å². The van der Waals surface area contributed by atoms with Crippen molar-refractivity contribution in [1.82, 2.24) is 0 Å². The molecule has 1 aromatic heterocycles. The van der Waals surface area contributed by atoms with E-state index in [9.17, 15) is 0 Å². The Balaban J connectivity index is 2.67. The van der Waals surface area contributed by atoms with Crippen molar-refractivity contribution in [1.29, 1.82) is 0 Å². The molecule has 0 aliphatic rings. The third kappa shape index (κ3) is 1.24. The van der Waals surface area contributed by atoms with E-state index in [-0.39, 0.29) is 0 Å². The minimum absolute atomic E-state index is 0.902. The van der Waals surface area contributed by atoms with Gasteiger partial charge in [0.1, 0.15) is 5.58 Å². The summed E-state index contributed by atoms with van der Waals surface area (Å²) in [7, 11) is 6.80. The minimum atomic E-state index is 0.902. The Hall–Kier alpha value is -0.600. The molecule has 0 aliphatic carbocycles.